The van der Waals surface area contributed by atoms with E-state index < -0.39 is 16.8 Å². The van der Waals surface area contributed by atoms with E-state index >= 15 is 0 Å². The van der Waals surface area contributed by atoms with Crippen LogP contribution in [0.4, 0.5) is 5.69 Å². The molecular weight excluding hydrogens is 392 g/mol. The number of amides is 1. The number of hydrogen-bond donors (Lipinski definition) is 0. The number of piperidine rings is 1. The maximum Gasteiger partial charge on any atom is 0.315 e. The number of benzene rings is 2. The Bertz CT molecular complexity index is 909. The van der Waals surface area contributed by atoms with E-state index in [1.165, 1.54) is 25.3 Å². The van der Waals surface area contributed by atoms with E-state index in [1.54, 1.807) is 17.0 Å². The summed E-state index contributed by atoms with van der Waals surface area (Å²) in [5.74, 6) is -0.352. The number of hydrogen-bond acceptors (Lipinski definition) is 7. The fourth-order valence-corrected chi connectivity index (χ4v) is 3.16. The predicted molar refractivity (Wildman–Crippen MR) is 107 cm³/mol. The zero-order valence-electron chi connectivity index (χ0n) is 16.5. The van der Waals surface area contributed by atoms with Gasteiger partial charge in [0, 0.05) is 13.1 Å². The van der Waals surface area contributed by atoms with Crippen LogP contribution in [0.2, 0.25) is 0 Å². The summed E-state index contributed by atoms with van der Waals surface area (Å²) in [5.41, 5.74) is -0.339. The smallest absolute Gasteiger partial charge is 0.315 e. The van der Waals surface area contributed by atoms with Gasteiger partial charge in [0.05, 0.1) is 24.0 Å². The van der Waals surface area contributed by atoms with Crippen molar-refractivity contribution < 1.29 is 28.7 Å². The van der Waals surface area contributed by atoms with Crippen molar-refractivity contribution in [3.05, 3.63) is 58.6 Å². The lowest BCUT2D eigenvalue weighted by molar-refractivity contribution is -0.385. The Labute approximate surface area is 173 Å². The van der Waals surface area contributed by atoms with Crippen LogP contribution in [0.25, 0.3) is 0 Å². The number of rotatable bonds is 7. The minimum absolute atomic E-state index is 0.0723. The van der Waals surface area contributed by atoms with Crippen molar-refractivity contribution in [3.63, 3.8) is 0 Å². The summed E-state index contributed by atoms with van der Waals surface area (Å²) in [6.07, 6.45) is 0.833. The Morgan fingerprint density at radius 3 is 2.43 bits per heavy atom. The third-order valence-corrected chi connectivity index (χ3v) is 4.86. The Hall–Kier alpha value is -3.62. The highest BCUT2D eigenvalue weighted by Gasteiger charge is 2.30. The molecule has 0 saturated carbocycles. The molecule has 1 saturated heterocycles. The van der Waals surface area contributed by atoms with Gasteiger partial charge in [-0.15, -0.1) is 0 Å². The van der Waals surface area contributed by atoms with E-state index in [2.05, 4.69) is 0 Å². The summed E-state index contributed by atoms with van der Waals surface area (Å²) in [7, 11) is 1.39. The van der Waals surface area contributed by atoms with Crippen LogP contribution in [0.3, 0.4) is 0 Å². The fourth-order valence-electron chi connectivity index (χ4n) is 3.16. The van der Waals surface area contributed by atoms with Crippen LogP contribution in [-0.2, 0) is 9.59 Å². The molecule has 158 valence electrons. The summed E-state index contributed by atoms with van der Waals surface area (Å²) in [6, 6.07) is 13.1. The highest BCUT2D eigenvalue weighted by Crippen LogP contribution is 2.32. The maximum absolute atomic E-state index is 12.5. The van der Waals surface area contributed by atoms with Gasteiger partial charge in [0.1, 0.15) is 11.5 Å². The third kappa shape index (κ3) is 5.25. The summed E-state index contributed by atoms with van der Waals surface area (Å²) in [4.78, 5) is 37.0. The highest BCUT2D eigenvalue weighted by molar-refractivity contribution is 5.79. The lowest BCUT2D eigenvalue weighted by Gasteiger charge is -2.30. The number of nitro groups is 1. The molecule has 2 aromatic carbocycles. The standard InChI is InChI=1S/C21H22N2O7/c1-28-17-7-8-19(18(13-17)23(26)27)30-21(25)15-9-11-22(12-10-15)20(24)14-29-16-5-3-2-4-6-16/h2-8,13,15H,9-12,14H2,1H3. The van der Waals surface area contributed by atoms with Crippen molar-refractivity contribution in [2.75, 3.05) is 26.8 Å². The van der Waals surface area contributed by atoms with E-state index in [0.717, 1.165) is 0 Å². The minimum atomic E-state index is -0.626. The van der Waals surface area contributed by atoms with Crippen molar-refractivity contribution in [2.24, 2.45) is 5.92 Å². The number of nitrogens with zero attached hydrogens (tertiary/aromatic N) is 2. The van der Waals surface area contributed by atoms with Crippen molar-refractivity contribution in [2.45, 2.75) is 12.8 Å². The molecule has 9 heteroatoms. The number of methoxy groups -OCH3 is 1. The first-order valence-corrected chi connectivity index (χ1v) is 9.47. The van der Waals surface area contributed by atoms with Crippen molar-refractivity contribution >= 4 is 17.6 Å². The fraction of sp³-hybridized carbons (Fsp3) is 0.333. The number of likely N-dealkylation sites (tertiary alicyclic amines) is 1. The molecule has 0 unspecified atom stereocenters. The van der Waals surface area contributed by atoms with Gasteiger partial charge in [-0.1, -0.05) is 18.2 Å². The van der Waals surface area contributed by atoms with Crippen molar-refractivity contribution in [1.29, 1.82) is 0 Å². The molecule has 1 aliphatic heterocycles. The number of para-hydroxylation sites is 1. The minimum Gasteiger partial charge on any atom is -0.496 e. The maximum atomic E-state index is 12.5. The van der Waals surface area contributed by atoms with Crippen LogP contribution in [-0.4, -0.2) is 48.5 Å². The molecule has 1 heterocycles. The van der Waals surface area contributed by atoms with Crippen LogP contribution in [0.1, 0.15) is 12.8 Å². The molecular formula is C21H22N2O7. The second kappa shape index (κ2) is 9.73. The van der Waals surface area contributed by atoms with Gasteiger partial charge < -0.3 is 19.1 Å². The number of esters is 1. The van der Waals surface area contributed by atoms with E-state index in [4.69, 9.17) is 14.2 Å². The van der Waals surface area contributed by atoms with Gasteiger partial charge in [0.25, 0.3) is 5.91 Å². The molecule has 2 aromatic rings. The Kier molecular flexibility index (Phi) is 6.84. The third-order valence-electron chi connectivity index (χ3n) is 4.86. The van der Waals surface area contributed by atoms with E-state index in [9.17, 15) is 19.7 Å². The molecule has 3 rings (SSSR count). The number of nitro benzene ring substituents is 1. The first kappa shape index (κ1) is 21.1. The van der Waals surface area contributed by atoms with Crippen LogP contribution in [0, 0.1) is 16.0 Å². The lowest BCUT2D eigenvalue weighted by atomic mass is 9.97. The molecule has 0 atom stereocenters. The Morgan fingerprint density at radius 1 is 1.10 bits per heavy atom. The average Bonchev–Trinajstić information content (AvgIpc) is 2.78. The number of ether oxygens (including phenoxy) is 3. The monoisotopic (exact) mass is 414 g/mol. The summed E-state index contributed by atoms with van der Waals surface area (Å²) in [5, 5.41) is 11.2. The molecule has 0 N–H and O–H groups in total. The first-order chi connectivity index (χ1) is 14.5. The number of carbonyl (C=O) groups is 2. The summed E-state index contributed by atoms with van der Waals surface area (Å²) in [6.45, 7) is 0.708. The topological polar surface area (TPSA) is 108 Å². The zero-order chi connectivity index (χ0) is 21.5. The molecule has 0 radical (unpaired) electrons. The van der Waals surface area contributed by atoms with Gasteiger partial charge in [-0.3, -0.25) is 19.7 Å². The molecule has 0 spiro atoms. The predicted octanol–water partition coefficient (Wildman–Crippen LogP) is 2.83. The van der Waals surface area contributed by atoms with Crippen LogP contribution >= 0.6 is 0 Å². The molecule has 30 heavy (non-hydrogen) atoms. The van der Waals surface area contributed by atoms with Gasteiger partial charge >= 0.3 is 11.7 Å². The first-order valence-electron chi connectivity index (χ1n) is 9.47. The van der Waals surface area contributed by atoms with Gasteiger partial charge in [-0.25, -0.2) is 0 Å². The quantitative estimate of drug-likeness (QED) is 0.297. The van der Waals surface area contributed by atoms with Crippen LogP contribution in [0.5, 0.6) is 17.2 Å². The Morgan fingerprint density at radius 2 is 1.80 bits per heavy atom. The molecule has 0 bridgehead atoms. The van der Waals surface area contributed by atoms with Crippen LogP contribution < -0.4 is 14.2 Å². The van der Waals surface area contributed by atoms with E-state index in [-0.39, 0.29) is 24.0 Å². The average molecular weight is 414 g/mol. The second-order valence-corrected chi connectivity index (χ2v) is 6.77. The zero-order valence-corrected chi connectivity index (χ0v) is 16.5. The van der Waals surface area contributed by atoms with Gasteiger partial charge in [-0.2, -0.15) is 0 Å². The Balaban J connectivity index is 1.52. The largest absolute Gasteiger partial charge is 0.496 e. The lowest BCUT2D eigenvalue weighted by Crippen LogP contribution is -2.43. The summed E-state index contributed by atoms with van der Waals surface area (Å²) >= 11 is 0. The van der Waals surface area contributed by atoms with Gasteiger partial charge in [0.2, 0.25) is 5.75 Å². The second-order valence-electron chi connectivity index (χ2n) is 6.77. The SMILES string of the molecule is COc1ccc(OC(=O)C2CCN(C(=O)COc3ccccc3)CC2)c([N+](=O)[O-])c1. The molecule has 1 fully saturated rings. The van der Waals surface area contributed by atoms with E-state index in [0.29, 0.717) is 37.4 Å². The number of carbonyl (C=O) groups excluding carboxylic acids is 2. The molecule has 1 aliphatic rings. The van der Waals surface area contributed by atoms with Gasteiger partial charge in [0.15, 0.2) is 6.61 Å². The van der Waals surface area contributed by atoms with Gasteiger partial charge in [-0.05, 0) is 37.1 Å². The molecule has 0 aliphatic carbocycles. The van der Waals surface area contributed by atoms with E-state index in [1.807, 2.05) is 18.2 Å². The summed E-state index contributed by atoms with van der Waals surface area (Å²) < 4.78 is 15.7. The van der Waals surface area contributed by atoms with Crippen molar-refractivity contribution in [3.8, 4) is 17.2 Å². The highest BCUT2D eigenvalue weighted by atomic mass is 16.6. The normalized spacial score (nSPS) is 14.1. The molecule has 1 amide bonds. The van der Waals surface area contributed by atoms with Crippen LogP contribution in [0.15, 0.2) is 48.5 Å². The van der Waals surface area contributed by atoms with Crippen molar-refractivity contribution in [1.82, 2.24) is 4.90 Å². The molecule has 9 nitrogen and oxygen atoms in total. The molecule has 0 aromatic heterocycles.